The first-order chi connectivity index (χ1) is 9.25. The Hall–Kier alpha value is -1.70. The molecule has 0 saturated heterocycles. The fourth-order valence-electron chi connectivity index (χ4n) is 0.783. The van der Waals surface area contributed by atoms with Crippen molar-refractivity contribution < 1.29 is 13.3 Å². The standard InChI is InChI=1S/C16H24O3Si/c1-14(2)8-11-17-20(7,18-12-9-15(3)4)19-13-10-16(5)6/h14-16H,1-7H3. The van der Waals surface area contributed by atoms with Crippen molar-refractivity contribution in [1.29, 1.82) is 0 Å². The van der Waals surface area contributed by atoms with E-state index in [1.807, 2.05) is 41.5 Å². The van der Waals surface area contributed by atoms with Gasteiger partial charge in [-0.1, -0.05) is 59.3 Å². The summed E-state index contributed by atoms with van der Waals surface area (Å²) in [7, 11) is -2.97. The van der Waals surface area contributed by atoms with Gasteiger partial charge in [-0.3, -0.25) is 0 Å². The van der Waals surface area contributed by atoms with E-state index in [2.05, 4.69) is 36.1 Å². The molecule has 0 aliphatic heterocycles. The van der Waals surface area contributed by atoms with E-state index >= 15 is 0 Å². The van der Waals surface area contributed by atoms with Crippen molar-refractivity contribution in [2.24, 2.45) is 17.8 Å². The van der Waals surface area contributed by atoms with Crippen LogP contribution in [0.3, 0.4) is 0 Å². The molecule has 0 aromatic carbocycles. The highest BCUT2D eigenvalue weighted by atomic mass is 28.4. The molecule has 20 heavy (non-hydrogen) atoms. The summed E-state index contributed by atoms with van der Waals surface area (Å²) in [5.41, 5.74) is 0. The van der Waals surface area contributed by atoms with Crippen LogP contribution in [0.5, 0.6) is 0 Å². The van der Waals surface area contributed by atoms with Crippen LogP contribution in [0.25, 0.3) is 0 Å². The molecule has 0 saturated carbocycles. The van der Waals surface area contributed by atoms with E-state index in [0.717, 1.165) is 0 Å². The van der Waals surface area contributed by atoms with Gasteiger partial charge in [0, 0.05) is 24.3 Å². The lowest BCUT2D eigenvalue weighted by Crippen LogP contribution is -2.38. The molecule has 110 valence electrons. The van der Waals surface area contributed by atoms with Gasteiger partial charge in [0.25, 0.3) is 0 Å². The van der Waals surface area contributed by atoms with E-state index in [-0.39, 0.29) is 17.8 Å². The predicted molar refractivity (Wildman–Crippen MR) is 82.7 cm³/mol. The van der Waals surface area contributed by atoms with Crippen molar-refractivity contribution >= 4 is 8.80 Å². The molecule has 0 spiro atoms. The lowest BCUT2D eigenvalue weighted by molar-refractivity contribution is 0.221. The molecule has 0 fully saturated rings. The van der Waals surface area contributed by atoms with Gasteiger partial charge < -0.3 is 13.3 Å². The van der Waals surface area contributed by atoms with Crippen LogP contribution >= 0.6 is 0 Å². The second-order valence-corrected chi connectivity index (χ2v) is 7.71. The Labute approximate surface area is 124 Å². The summed E-state index contributed by atoms with van der Waals surface area (Å²) in [6.07, 6.45) is 7.88. The van der Waals surface area contributed by atoms with Crippen LogP contribution in [0.2, 0.25) is 6.55 Å². The van der Waals surface area contributed by atoms with E-state index in [1.54, 1.807) is 6.55 Å². The second-order valence-electron chi connectivity index (χ2n) is 5.37. The van der Waals surface area contributed by atoms with Gasteiger partial charge in [0.1, 0.15) is 0 Å². The molecule has 0 radical (unpaired) electrons. The topological polar surface area (TPSA) is 27.7 Å². The van der Waals surface area contributed by atoms with Crippen molar-refractivity contribution in [1.82, 2.24) is 0 Å². The van der Waals surface area contributed by atoms with Gasteiger partial charge in [-0.2, -0.15) is 0 Å². The minimum Gasteiger partial charge on any atom is -0.432 e. The summed E-state index contributed by atoms with van der Waals surface area (Å²) < 4.78 is 16.3. The Morgan fingerprint density at radius 3 is 1.05 bits per heavy atom. The van der Waals surface area contributed by atoms with Gasteiger partial charge in [-0.05, 0) is 0 Å². The third kappa shape index (κ3) is 10.2. The molecule has 0 aliphatic carbocycles. The van der Waals surface area contributed by atoms with Crippen LogP contribution in [-0.2, 0) is 13.3 Å². The highest BCUT2D eigenvalue weighted by molar-refractivity contribution is 6.60. The van der Waals surface area contributed by atoms with Crippen molar-refractivity contribution in [3.63, 3.8) is 0 Å². The van der Waals surface area contributed by atoms with Crippen LogP contribution in [0.1, 0.15) is 41.5 Å². The molecule has 0 bridgehead atoms. The highest BCUT2D eigenvalue weighted by Crippen LogP contribution is 2.08. The molecule has 0 heterocycles. The Kier molecular flexibility index (Phi) is 8.45. The predicted octanol–water partition coefficient (Wildman–Crippen LogP) is 3.46. The first-order valence-corrected chi connectivity index (χ1v) is 9.03. The van der Waals surface area contributed by atoms with Gasteiger partial charge in [-0.15, -0.1) is 0 Å². The zero-order valence-electron chi connectivity index (χ0n) is 13.5. The fourth-order valence-corrected chi connectivity index (χ4v) is 1.64. The molecule has 0 atom stereocenters. The zero-order valence-corrected chi connectivity index (χ0v) is 14.5. The SMILES string of the molecule is CC(C)C#CO[Si](C)(OC#CC(C)C)OC#CC(C)C. The summed E-state index contributed by atoms with van der Waals surface area (Å²) in [6.45, 7) is 13.6. The van der Waals surface area contributed by atoms with Gasteiger partial charge in [-0.25, -0.2) is 0 Å². The molecule has 4 heteroatoms. The molecular formula is C16H24O3Si. The minimum absolute atomic E-state index is 0.219. The third-order valence-corrected chi connectivity index (χ3v) is 3.17. The number of hydrogen-bond acceptors (Lipinski definition) is 3. The maximum Gasteiger partial charge on any atom is 0.721 e. The van der Waals surface area contributed by atoms with Crippen molar-refractivity contribution in [3.05, 3.63) is 0 Å². The molecule has 0 aromatic rings. The first kappa shape index (κ1) is 18.3. The monoisotopic (exact) mass is 292 g/mol. The Morgan fingerprint density at radius 2 is 0.850 bits per heavy atom. The molecular weight excluding hydrogens is 268 g/mol. The van der Waals surface area contributed by atoms with E-state index in [4.69, 9.17) is 13.3 Å². The summed E-state index contributed by atoms with van der Waals surface area (Å²) in [6, 6.07) is 0. The molecule has 0 rings (SSSR count). The van der Waals surface area contributed by atoms with Crippen LogP contribution in [0, 0.1) is 53.8 Å². The van der Waals surface area contributed by atoms with Gasteiger partial charge in [0.05, 0.1) is 18.3 Å². The normalized spacial score (nSPS) is 9.90. The third-order valence-electron chi connectivity index (χ3n) is 1.75. The highest BCUT2D eigenvalue weighted by Gasteiger charge is 2.41. The fraction of sp³-hybridized carbons (Fsp3) is 0.625. The molecule has 3 nitrogen and oxygen atoms in total. The maximum absolute atomic E-state index is 5.43. The summed E-state index contributed by atoms with van der Waals surface area (Å²) in [4.78, 5) is 0. The van der Waals surface area contributed by atoms with Crippen LogP contribution < -0.4 is 0 Å². The lowest BCUT2D eigenvalue weighted by atomic mass is 10.2. The summed E-state index contributed by atoms with van der Waals surface area (Å²) in [5, 5.41) is 0. The van der Waals surface area contributed by atoms with Crippen LogP contribution in [0.4, 0.5) is 0 Å². The minimum atomic E-state index is -2.97. The quantitative estimate of drug-likeness (QED) is 0.589. The van der Waals surface area contributed by atoms with E-state index in [1.165, 1.54) is 0 Å². The average molecular weight is 292 g/mol. The lowest BCUT2D eigenvalue weighted by Gasteiger charge is -2.16. The molecule has 0 amide bonds. The molecule has 0 unspecified atom stereocenters. The molecule has 0 aromatic heterocycles. The zero-order chi connectivity index (χ0) is 15.6. The van der Waals surface area contributed by atoms with Gasteiger partial charge in [0.15, 0.2) is 0 Å². The van der Waals surface area contributed by atoms with Gasteiger partial charge >= 0.3 is 8.80 Å². The molecule has 0 N–H and O–H groups in total. The Balaban J connectivity index is 4.83. The Bertz CT molecular complexity index is 392. The van der Waals surface area contributed by atoms with Crippen molar-refractivity contribution in [2.45, 2.75) is 48.1 Å². The largest absolute Gasteiger partial charge is 0.721 e. The van der Waals surface area contributed by atoms with E-state index in [9.17, 15) is 0 Å². The Morgan fingerprint density at radius 1 is 0.600 bits per heavy atom. The van der Waals surface area contributed by atoms with E-state index < -0.39 is 8.80 Å². The first-order valence-electron chi connectivity index (χ1n) is 6.80. The smallest absolute Gasteiger partial charge is 0.432 e. The maximum atomic E-state index is 5.43. The van der Waals surface area contributed by atoms with Crippen LogP contribution in [0.15, 0.2) is 0 Å². The second kappa shape index (κ2) is 9.24. The summed E-state index contributed by atoms with van der Waals surface area (Å²) >= 11 is 0. The number of rotatable bonds is 3. The molecule has 0 aliphatic rings. The average Bonchev–Trinajstić information content (AvgIpc) is 2.27. The van der Waals surface area contributed by atoms with Gasteiger partial charge in [0.2, 0.25) is 0 Å². The van der Waals surface area contributed by atoms with Crippen molar-refractivity contribution in [2.75, 3.05) is 0 Å². The van der Waals surface area contributed by atoms with Crippen molar-refractivity contribution in [3.8, 4) is 36.1 Å². The van der Waals surface area contributed by atoms with Crippen LogP contribution in [-0.4, -0.2) is 8.80 Å². The number of hydrogen-bond donors (Lipinski definition) is 0. The van der Waals surface area contributed by atoms with E-state index in [0.29, 0.717) is 0 Å². The summed E-state index contributed by atoms with van der Waals surface area (Å²) in [5.74, 6) is 9.37.